The summed E-state index contributed by atoms with van der Waals surface area (Å²) in [7, 11) is 3.22. The molecule has 120 valence electrons. The molecule has 1 aliphatic rings. The molecule has 0 unspecified atom stereocenters. The molecular weight excluding hydrogens is 276 g/mol. The zero-order valence-corrected chi connectivity index (χ0v) is 13.3. The van der Waals surface area contributed by atoms with E-state index in [2.05, 4.69) is 0 Å². The number of carboxylic acid groups (broad SMARTS) is 1. The molecule has 7 heteroatoms. The first-order valence-electron chi connectivity index (χ1n) is 6.94. The minimum absolute atomic E-state index is 0.0590. The summed E-state index contributed by atoms with van der Waals surface area (Å²) in [6.07, 6.45) is -0.283. The second kappa shape index (κ2) is 6.32. The summed E-state index contributed by atoms with van der Waals surface area (Å²) in [6, 6.07) is -0.654. The van der Waals surface area contributed by atoms with E-state index in [4.69, 9.17) is 9.84 Å². The van der Waals surface area contributed by atoms with Gasteiger partial charge in [0.2, 0.25) is 5.91 Å². The van der Waals surface area contributed by atoms with Crippen LogP contribution in [0.3, 0.4) is 0 Å². The number of rotatable bonds is 3. The summed E-state index contributed by atoms with van der Waals surface area (Å²) >= 11 is 0. The van der Waals surface area contributed by atoms with Gasteiger partial charge in [-0.05, 0) is 33.1 Å². The third kappa shape index (κ3) is 4.91. The molecule has 0 spiro atoms. The van der Waals surface area contributed by atoms with E-state index < -0.39 is 23.7 Å². The van der Waals surface area contributed by atoms with E-state index in [9.17, 15) is 14.4 Å². The predicted octanol–water partition coefficient (Wildman–Crippen LogP) is 1.17. The largest absolute Gasteiger partial charge is 0.481 e. The number of hydrogen-bond acceptors (Lipinski definition) is 4. The maximum atomic E-state index is 12.2. The highest BCUT2D eigenvalue weighted by molar-refractivity contribution is 5.86. The standard InChI is InChI=1S/C14H24N2O5/c1-14(2,3)21-13(20)16-8-9(7-11(17)18)6-10(16)12(19)15(4)5/h9-10H,6-8H2,1-5H3,(H,17,18)/t9-,10+/m0/s1. The van der Waals surface area contributed by atoms with Crippen molar-refractivity contribution in [2.75, 3.05) is 20.6 Å². The van der Waals surface area contributed by atoms with Crippen LogP contribution < -0.4 is 0 Å². The van der Waals surface area contributed by atoms with E-state index in [1.165, 1.54) is 9.80 Å². The summed E-state index contributed by atoms with van der Waals surface area (Å²) in [6.45, 7) is 5.47. The lowest BCUT2D eigenvalue weighted by atomic mass is 10.0. The average molecular weight is 300 g/mol. The van der Waals surface area contributed by atoms with Crippen molar-refractivity contribution in [1.82, 2.24) is 9.80 Å². The second-order valence-electron chi connectivity index (χ2n) is 6.58. The quantitative estimate of drug-likeness (QED) is 0.845. The zero-order chi connectivity index (χ0) is 16.4. The van der Waals surface area contributed by atoms with Gasteiger partial charge in [-0.1, -0.05) is 0 Å². The number of carboxylic acids is 1. The van der Waals surface area contributed by atoms with Crippen molar-refractivity contribution in [1.29, 1.82) is 0 Å². The Kier molecular flexibility index (Phi) is 5.20. The van der Waals surface area contributed by atoms with Crippen molar-refractivity contribution < 1.29 is 24.2 Å². The molecule has 0 aromatic carbocycles. The van der Waals surface area contributed by atoms with Crippen LogP contribution in [0, 0.1) is 5.92 Å². The van der Waals surface area contributed by atoms with E-state index in [-0.39, 0.29) is 24.8 Å². The van der Waals surface area contributed by atoms with Crippen LogP contribution in [0.15, 0.2) is 0 Å². The lowest BCUT2D eigenvalue weighted by Crippen LogP contribution is -2.47. The summed E-state index contributed by atoms with van der Waals surface area (Å²) < 4.78 is 5.30. The number of aliphatic carboxylic acids is 1. The van der Waals surface area contributed by atoms with Crippen molar-refractivity contribution in [3.05, 3.63) is 0 Å². The molecule has 0 aliphatic carbocycles. The van der Waals surface area contributed by atoms with Gasteiger partial charge in [0, 0.05) is 27.1 Å². The third-order valence-electron chi connectivity index (χ3n) is 3.20. The van der Waals surface area contributed by atoms with Gasteiger partial charge in [0.05, 0.1) is 0 Å². The van der Waals surface area contributed by atoms with Crippen molar-refractivity contribution in [2.24, 2.45) is 5.92 Å². The maximum Gasteiger partial charge on any atom is 0.410 e. The van der Waals surface area contributed by atoms with E-state index >= 15 is 0 Å². The highest BCUT2D eigenvalue weighted by Crippen LogP contribution is 2.28. The molecule has 0 bridgehead atoms. The lowest BCUT2D eigenvalue weighted by molar-refractivity contribution is -0.138. The van der Waals surface area contributed by atoms with Gasteiger partial charge >= 0.3 is 12.1 Å². The minimum atomic E-state index is -0.929. The first-order chi connectivity index (χ1) is 9.51. The molecule has 1 rings (SSSR count). The van der Waals surface area contributed by atoms with Crippen LogP contribution in [0.5, 0.6) is 0 Å². The van der Waals surface area contributed by atoms with E-state index in [1.807, 2.05) is 0 Å². The van der Waals surface area contributed by atoms with Crippen LogP contribution in [0.4, 0.5) is 4.79 Å². The van der Waals surface area contributed by atoms with E-state index in [1.54, 1.807) is 34.9 Å². The Hall–Kier alpha value is -1.79. The number of likely N-dealkylation sites (N-methyl/N-ethyl adjacent to an activating group) is 1. The van der Waals surface area contributed by atoms with Crippen LogP contribution in [0.25, 0.3) is 0 Å². The van der Waals surface area contributed by atoms with Gasteiger partial charge in [0.1, 0.15) is 11.6 Å². The van der Waals surface area contributed by atoms with Gasteiger partial charge in [-0.3, -0.25) is 14.5 Å². The fourth-order valence-corrected chi connectivity index (χ4v) is 2.37. The number of ether oxygens (including phenoxy) is 1. The van der Waals surface area contributed by atoms with Gasteiger partial charge in [0.15, 0.2) is 0 Å². The normalized spacial score (nSPS) is 22.0. The molecule has 1 aliphatic heterocycles. The molecule has 2 atom stereocenters. The van der Waals surface area contributed by atoms with Crippen LogP contribution >= 0.6 is 0 Å². The molecule has 1 saturated heterocycles. The van der Waals surface area contributed by atoms with Gasteiger partial charge in [-0.25, -0.2) is 4.79 Å². The van der Waals surface area contributed by atoms with Crippen LogP contribution in [0.2, 0.25) is 0 Å². The zero-order valence-electron chi connectivity index (χ0n) is 13.3. The number of carbonyl (C=O) groups is 3. The molecule has 7 nitrogen and oxygen atoms in total. The van der Waals surface area contributed by atoms with Crippen LogP contribution in [-0.4, -0.2) is 65.2 Å². The number of hydrogen-bond donors (Lipinski definition) is 1. The number of carbonyl (C=O) groups excluding carboxylic acids is 2. The number of likely N-dealkylation sites (tertiary alicyclic amines) is 1. The van der Waals surface area contributed by atoms with E-state index in [0.717, 1.165) is 0 Å². The first-order valence-corrected chi connectivity index (χ1v) is 6.94. The summed E-state index contributed by atoms with van der Waals surface area (Å²) in [5.74, 6) is -1.38. The Balaban J connectivity index is 2.88. The molecular formula is C14H24N2O5. The second-order valence-corrected chi connectivity index (χ2v) is 6.58. The van der Waals surface area contributed by atoms with Crippen LogP contribution in [-0.2, 0) is 14.3 Å². The highest BCUT2D eigenvalue weighted by Gasteiger charge is 2.42. The molecule has 0 aromatic heterocycles. The Morgan fingerprint density at radius 3 is 2.29 bits per heavy atom. The summed E-state index contributed by atoms with van der Waals surface area (Å²) in [5.41, 5.74) is -0.659. The molecule has 0 saturated carbocycles. The number of nitrogens with zero attached hydrogens (tertiary/aromatic N) is 2. The van der Waals surface area contributed by atoms with Gasteiger partial charge in [-0.2, -0.15) is 0 Å². The van der Waals surface area contributed by atoms with E-state index in [0.29, 0.717) is 6.42 Å². The number of amides is 2. The maximum absolute atomic E-state index is 12.2. The fraction of sp³-hybridized carbons (Fsp3) is 0.786. The van der Waals surface area contributed by atoms with Crippen molar-refractivity contribution in [2.45, 2.75) is 45.3 Å². The molecule has 0 radical (unpaired) electrons. The van der Waals surface area contributed by atoms with Crippen LogP contribution in [0.1, 0.15) is 33.6 Å². The van der Waals surface area contributed by atoms with Crippen molar-refractivity contribution in [3.8, 4) is 0 Å². The molecule has 1 fully saturated rings. The van der Waals surface area contributed by atoms with Crippen molar-refractivity contribution in [3.63, 3.8) is 0 Å². The summed E-state index contributed by atoms with van der Waals surface area (Å²) in [4.78, 5) is 38.0. The third-order valence-corrected chi connectivity index (χ3v) is 3.20. The van der Waals surface area contributed by atoms with Gasteiger partial charge in [0.25, 0.3) is 0 Å². The van der Waals surface area contributed by atoms with Gasteiger partial charge < -0.3 is 14.7 Å². The Morgan fingerprint density at radius 1 is 1.29 bits per heavy atom. The SMILES string of the molecule is CN(C)C(=O)[C@H]1C[C@@H](CC(=O)O)CN1C(=O)OC(C)(C)C. The molecule has 2 amide bonds. The first kappa shape index (κ1) is 17.3. The minimum Gasteiger partial charge on any atom is -0.481 e. The average Bonchev–Trinajstić information content (AvgIpc) is 2.68. The summed E-state index contributed by atoms with van der Waals surface area (Å²) in [5, 5.41) is 8.89. The molecule has 1 heterocycles. The fourth-order valence-electron chi connectivity index (χ4n) is 2.37. The monoisotopic (exact) mass is 300 g/mol. The highest BCUT2D eigenvalue weighted by atomic mass is 16.6. The molecule has 0 aromatic rings. The van der Waals surface area contributed by atoms with Crippen molar-refractivity contribution >= 4 is 18.0 Å². The Labute approximate surface area is 124 Å². The predicted molar refractivity (Wildman–Crippen MR) is 75.8 cm³/mol. The van der Waals surface area contributed by atoms with Gasteiger partial charge in [-0.15, -0.1) is 0 Å². The Morgan fingerprint density at radius 2 is 1.86 bits per heavy atom. The lowest BCUT2D eigenvalue weighted by Gasteiger charge is -2.29. The molecule has 1 N–H and O–H groups in total. The Bertz CT molecular complexity index is 428. The topological polar surface area (TPSA) is 87.2 Å². The smallest absolute Gasteiger partial charge is 0.410 e. The molecule has 21 heavy (non-hydrogen) atoms.